The highest BCUT2D eigenvalue weighted by Crippen LogP contribution is 2.20. The highest BCUT2D eigenvalue weighted by Gasteiger charge is 2.25. The molecule has 0 N–H and O–H groups in total. The zero-order valence-electron chi connectivity index (χ0n) is 5.54. The van der Waals surface area contributed by atoms with Crippen LogP contribution in [0.2, 0.25) is 13.1 Å². The number of alkyl halides is 1. The Hall–Kier alpha value is 0.797. The van der Waals surface area contributed by atoms with Gasteiger partial charge < -0.3 is 0 Å². The summed E-state index contributed by atoms with van der Waals surface area (Å²) in [4.78, 5) is 0. The van der Waals surface area contributed by atoms with Crippen molar-refractivity contribution < 1.29 is 0 Å². The van der Waals surface area contributed by atoms with Crippen molar-refractivity contribution in [2.75, 3.05) is 0 Å². The second-order valence-corrected chi connectivity index (χ2v) is 10.1. The van der Waals surface area contributed by atoms with E-state index in [0.29, 0.717) is 0 Å². The van der Waals surface area contributed by atoms with Gasteiger partial charge in [-0.15, -0.1) is 11.6 Å². The maximum Gasteiger partial charge on any atom is 0.167 e. The first-order chi connectivity index (χ1) is 3.48. The van der Waals surface area contributed by atoms with Gasteiger partial charge in [-0.2, -0.15) is 11.1 Å². The van der Waals surface area contributed by atoms with Gasteiger partial charge in [0, 0.05) is 5.00 Å². The molecule has 0 aliphatic carbocycles. The fraction of sp³-hybridized carbons (Fsp3) is 1.00. The molecule has 0 radical (unpaired) electrons. The summed E-state index contributed by atoms with van der Waals surface area (Å²) in [7, 11) is -1.52. The quantitative estimate of drug-likeness (QED) is 0.340. The molecule has 0 heterocycles. The molecule has 0 spiro atoms. The Labute approximate surface area is 61.9 Å². The molecular weight excluding hydrogens is 159 g/mol. The summed E-state index contributed by atoms with van der Waals surface area (Å²) in [6.07, 6.45) is 0.990. The highest BCUT2D eigenvalue weighted by molar-refractivity contribution is 7.22. The average Bonchev–Trinajstić information content (AvgIpc) is 1.62. The van der Waals surface area contributed by atoms with Crippen molar-refractivity contribution >= 4 is 30.1 Å². The van der Waals surface area contributed by atoms with Crippen LogP contribution in [-0.4, -0.2) is 12.4 Å². The van der Waals surface area contributed by atoms with Crippen molar-refractivity contribution in [3.63, 3.8) is 0 Å². The smallest absolute Gasteiger partial charge is 0.166 e. The fourth-order valence-electron chi connectivity index (χ4n) is 0.485. The summed E-state index contributed by atoms with van der Waals surface area (Å²) in [5.74, 6) is 0. The van der Waals surface area contributed by atoms with Crippen LogP contribution in [0.25, 0.3) is 0 Å². The third-order valence-corrected chi connectivity index (χ3v) is 6.07. The van der Waals surface area contributed by atoms with E-state index >= 15 is 0 Å². The third kappa shape index (κ3) is 2.95. The molecule has 0 amide bonds. The minimum Gasteiger partial charge on any atom is -0.166 e. The maximum absolute atomic E-state index is 5.99. The number of halogens is 2. The SMILES string of the molecule is CCC(Cl)[Si](C)(C)Cl. The maximum atomic E-state index is 5.99. The molecule has 0 nitrogen and oxygen atoms in total. The predicted molar refractivity (Wildman–Crippen MR) is 43.3 cm³/mol. The molecule has 0 aliphatic heterocycles. The Balaban J connectivity index is 3.62. The van der Waals surface area contributed by atoms with Gasteiger partial charge in [0.1, 0.15) is 0 Å². The van der Waals surface area contributed by atoms with E-state index in [4.69, 9.17) is 22.7 Å². The largest absolute Gasteiger partial charge is 0.167 e. The standard InChI is InChI=1S/C5H12Cl2Si/c1-4-5(6)8(2,3)7/h5H,4H2,1-3H3. The Morgan fingerprint density at radius 3 is 1.88 bits per heavy atom. The van der Waals surface area contributed by atoms with Gasteiger partial charge in [-0.3, -0.25) is 0 Å². The van der Waals surface area contributed by atoms with Gasteiger partial charge in [0.2, 0.25) is 0 Å². The van der Waals surface area contributed by atoms with Gasteiger partial charge >= 0.3 is 0 Å². The molecule has 0 saturated heterocycles. The second kappa shape index (κ2) is 3.09. The van der Waals surface area contributed by atoms with Gasteiger partial charge in [0.25, 0.3) is 0 Å². The topological polar surface area (TPSA) is 0 Å². The van der Waals surface area contributed by atoms with Crippen LogP contribution in [0, 0.1) is 0 Å². The van der Waals surface area contributed by atoms with Gasteiger partial charge in [-0.25, -0.2) is 0 Å². The van der Waals surface area contributed by atoms with Crippen molar-refractivity contribution in [2.24, 2.45) is 0 Å². The highest BCUT2D eigenvalue weighted by atomic mass is 35.6. The molecule has 1 atom stereocenters. The van der Waals surface area contributed by atoms with Crippen molar-refractivity contribution in [1.82, 2.24) is 0 Å². The van der Waals surface area contributed by atoms with Gasteiger partial charge in [0.15, 0.2) is 7.38 Å². The molecule has 1 unspecified atom stereocenters. The first kappa shape index (κ1) is 8.80. The lowest BCUT2D eigenvalue weighted by Crippen LogP contribution is -2.30. The van der Waals surface area contributed by atoms with E-state index < -0.39 is 7.38 Å². The predicted octanol–water partition coefficient (Wildman–Crippen LogP) is 2.99. The van der Waals surface area contributed by atoms with Gasteiger partial charge in [-0.1, -0.05) is 20.0 Å². The second-order valence-electron chi connectivity index (χ2n) is 2.44. The Morgan fingerprint density at radius 1 is 1.50 bits per heavy atom. The molecule has 0 aliphatic rings. The van der Waals surface area contributed by atoms with Gasteiger partial charge in [-0.05, 0) is 6.42 Å². The molecule has 50 valence electrons. The third-order valence-electron chi connectivity index (χ3n) is 1.10. The monoisotopic (exact) mass is 170 g/mol. The van der Waals surface area contributed by atoms with Crippen LogP contribution in [0.3, 0.4) is 0 Å². The molecule has 0 aromatic heterocycles. The summed E-state index contributed by atoms with van der Waals surface area (Å²) in [6, 6.07) is 0. The minimum absolute atomic E-state index is 0.226. The van der Waals surface area contributed by atoms with Crippen molar-refractivity contribution in [2.45, 2.75) is 31.4 Å². The van der Waals surface area contributed by atoms with E-state index in [0.717, 1.165) is 6.42 Å². The van der Waals surface area contributed by atoms with Crippen LogP contribution in [0.5, 0.6) is 0 Å². The van der Waals surface area contributed by atoms with Crippen LogP contribution in [0.1, 0.15) is 13.3 Å². The van der Waals surface area contributed by atoms with Crippen LogP contribution in [0.4, 0.5) is 0 Å². The fourth-order valence-corrected chi connectivity index (χ4v) is 1.92. The summed E-state index contributed by atoms with van der Waals surface area (Å²) < 4.78 is 0. The zero-order chi connectivity index (χ0) is 6.78. The lowest BCUT2D eigenvalue weighted by atomic mass is 10.6. The molecule has 0 fully saturated rings. The lowest BCUT2D eigenvalue weighted by molar-refractivity contribution is 1.01. The van der Waals surface area contributed by atoms with Crippen LogP contribution in [0.15, 0.2) is 0 Å². The lowest BCUT2D eigenvalue weighted by Gasteiger charge is -2.17. The number of hydrogen-bond donors (Lipinski definition) is 0. The molecule has 0 saturated carbocycles. The van der Waals surface area contributed by atoms with Crippen LogP contribution >= 0.6 is 22.7 Å². The summed E-state index contributed by atoms with van der Waals surface area (Å²) >= 11 is 11.9. The van der Waals surface area contributed by atoms with E-state index in [1.807, 2.05) is 0 Å². The van der Waals surface area contributed by atoms with Crippen LogP contribution < -0.4 is 0 Å². The molecule has 0 rings (SSSR count). The summed E-state index contributed by atoms with van der Waals surface area (Å²) in [5.41, 5.74) is 0. The average molecular weight is 171 g/mol. The minimum atomic E-state index is -1.52. The number of hydrogen-bond acceptors (Lipinski definition) is 0. The van der Waals surface area contributed by atoms with Gasteiger partial charge in [0.05, 0.1) is 0 Å². The normalized spacial score (nSPS) is 16.1. The van der Waals surface area contributed by atoms with E-state index in [9.17, 15) is 0 Å². The molecule has 3 heteroatoms. The molecule has 0 aromatic carbocycles. The Morgan fingerprint density at radius 2 is 1.88 bits per heavy atom. The Bertz CT molecular complexity index is 67.3. The molecule has 0 bridgehead atoms. The van der Waals surface area contributed by atoms with Crippen LogP contribution in [-0.2, 0) is 0 Å². The first-order valence-electron chi connectivity index (χ1n) is 2.81. The van der Waals surface area contributed by atoms with E-state index in [2.05, 4.69) is 20.0 Å². The van der Waals surface area contributed by atoms with Crippen molar-refractivity contribution in [3.05, 3.63) is 0 Å². The van der Waals surface area contributed by atoms with E-state index in [-0.39, 0.29) is 5.00 Å². The van der Waals surface area contributed by atoms with Crippen molar-refractivity contribution in [1.29, 1.82) is 0 Å². The first-order valence-corrected chi connectivity index (χ1v) is 7.34. The van der Waals surface area contributed by atoms with Crippen molar-refractivity contribution in [3.8, 4) is 0 Å². The van der Waals surface area contributed by atoms with E-state index in [1.165, 1.54) is 0 Å². The summed E-state index contributed by atoms with van der Waals surface area (Å²) in [5, 5.41) is 0.226. The molecule has 8 heavy (non-hydrogen) atoms. The summed E-state index contributed by atoms with van der Waals surface area (Å²) in [6.45, 7) is 6.19. The Kier molecular flexibility index (Phi) is 3.40. The molecular formula is C5H12Cl2Si. The zero-order valence-corrected chi connectivity index (χ0v) is 8.05. The number of rotatable bonds is 2. The molecule has 0 aromatic rings. The van der Waals surface area contributed by atoms with E-state index in [1.54, 1.807) is 0 Å².